The third kappa shape index (κ3) is 4.94. The lowest BCUT2D eigenvalue weighted by Crippen LogP contribution is -2.31. The third-order valence-corrected chi connectivity index (χ3v) is 4.70. The van der Waals surface area contributed by atoms with Crippen molar-refractivity contribution in [2.75, 3.05) is 13.2 Å². The van der Waals surface area contributed by atoms with Gasteiger partial charge in [0.25, 0.3) is 0 Å². The Morgan fingerprint density at radius 1 is 1.35 bits per heavy atom. The summed E-state index contributed by atoms with van der Waals surface area (Å²) in [5, 5.41) is 7.75. The Morgan fingerprint density at radius 2 is 2.15 bits per heavy atom. The molecule has 1 aliphatic carbocycles. The molecule has 5 heteroatoms. The molecular weight excluding hydrogens is 326 g/mol. The van der Waals surface area contributed by atoms with Gasteiger partial charge >= 0.3 is 0 Å². The molecule has 0 saturated carbocycles. The van der Waals surface area contributed by atoms with Crippen LogP contribution in [0, 0.1) is 5.92 Å². The topological polar surface area (TPSA) is 56.1 Å². The van der Waals surface area contributed by atoms with E-state index >= 15 is 0 Å². The molecule has 5 nitrogen and oxygen atoms in total. The molecule has 1 aromatic carbocycles. The second-order valence-electron chi connectivity index (χ2n) is 7.42. The standard InChI is InChI=1S/C21H29N3O2/c1-16(2)15-26-12-11-21(25)23-19-9-6-10-20-18(19)13-22-24(20)14-17-7-4-3-5-8-17/h3-5,7-8,13,16,19H,6,9-12,14-15H2,1-2H3,(H,23,25). The molecule has 0 fully saturated rings. The van der Waals surface area contributed by atoms with E-state index in [0.717, 1.165) is 25.8 Å². The Balaban J connectivity index is 1.58. The van der Waals surface area contributed by atoms with Crippen LogP contribution in [0.2, 0.25) is 0 Å². The minimum atomic E-state index is 0.0578. The van der Waals surface area contributed by atoms with Gasteiger partial charge in [-0.3, -0.25) is 9.48 Å². The Hall–Kier alpha value is -2.14. The molecule has 2 aromatic rings. The van der Waals surface area contributed by atoms with E-state index in [9.17, 15) is 4.79 Å². The van der Waals surface area contributed by atoms with Gasteiger partial charge in [-0.2, -0.15) is 5.10 Å². The number of amides is 1. The van der Waals surface area contributed by atoms with Crippen LogP contribution in [0.5, 0.6) is 0 Å². The van der Waals surface area contributed by atoms with E-state index in [1.54, 1.807) is 0 Å². The fourth-order valence-corrected chi connectivity index (χ4v) is 3.41. The molecule has 26 heavy (non-hydrogen) atoms. The molecule has 0 saturated heterocycles. The summed E-state index contributed by atoms with van der Waals surface area (Å²) >= 11 is 0. The lowest BCUT2D eigenvalue weighted by Gasteiger charge is -2.24. The lowest BCUT2D eigenvalue weighted by molar-refractivity contribution is -0.123. The average Bonchev–Trinajstić information content (AvgIpc) is 3.04. The van der Waals surface area contributed by atoms with E-state index in [2.05, 4.69) is 53.2 Å². The molecule has 0 radical (unpaired) electrons. The molecule has 140 valence electrons. The van der Waals surface area contributed by atoms with Gasteiger partial charge in [0, 0.05) is 24.3 Å². The van der Waals surface area contributed by atoms with Crippen molar-refractivity contribution >= 4 is 5.91 Å². The van der Waals surface area contributed by atoms with Crippen LogP contribution in [0.15, 0.2) is 36.5 Å². The molecule has 1 aromatic heterocycles. The number of hydrogen-bond donors (Lipinski definition) is 1. The van der Waals surface area contributed by atoms with Crippen LogP contribution < -0.4 is 5.32 Å². The number of nitrogens with zero attached hydrogens (tertiary/aromatic N) is 2. The van der Waals surface area contributed by atoms with Crippen molar-refractivity contribution in [2.24, 2.45) is 5.92 Å². The van der Waals surface area contributed by atoms with Crippen molar-refractivity contribution in [3.8, 4) is 0 Å². The summed E-state index contributed by atoms with van der Waals surface area (Å²) in [6.45, 7) is 6.18. The summed E-state index contributed by atoms with van der Waals surface area (Å²) < 4.78 is 7.60. The summed E-state index contributed by atoms with van der Waals surface area (Å²) in [7, 11) is 0. The first-order chi connectivity index (χ1) is 12.6. The van der Waals surface area contributed by atoms with Crippen molar-refractivity contribution in [1.82, 2.24) is 15.1 Å². The second kappa shape index (κ2) is 8.99. The minimum absolute atomic E-state index is 0.0578. The Morgan fingerprint density at radius 3 is 2.92 bits per heavy atom. The van der Waals surface area contributed by atoms with Crippen LogP contribution in [-0.2, 0) is 22.5 Å². The number of fused-ring (bicyclic) bond motifs is 1. The van der Waals surface area contributed by atoms with E-state index in [1.807, 2.05) is 12.3 Å². The number of carbonyl (C=O) groups excluding carboxylic acids is 1. The minimum Gasteiger partial charge on any atom is -0.381 e. The van der Waals surface area contributed by atoms with Crippen LogP contribution >= 0.6 is 0 Å². The maximum atomic E-state index is 12.2. The molecule has 0 bridgehead atoms. The molecule has 3 rings (SSSR count). The Labute approximate surface area is 155 Å². The Kier molecular flexibility index (Phi) is 6.45. The van der Waals surface area contributed by atoms with Crippen molar-refractivity contribution in [1.29, 1.82) is 0 Å². The molecule has 0 spiro atoms. The maximum absolute atomic E-state index is 12.2. The number of rotatable bonds is 8. The zero-order valence-corrected chi connectivity index (χ0v) is 15.8. The van der Waals surface area contributed by atoms with Crippen LogP contribution in [0.4, 0.5) is 0 Å². The monoisotopic (exact) mass is 355 g/mol. The van der Waals surface area contributed by atoms with Gasteiger partial charge in [0.05, 0.1) is 25.4 Å². The summed E-state index contributed by atoms with van der Waals surface area (Å²) in [5.74, 6) is 0.553. The first kappa shape index (κ1) is 18.6. The highest BCUT2D eigenvalue weighted by Crippen LogP contribution is 2.30. The highest BCUT2D eigenvalue weighted by atomic mass is 16.5. The normalized spacial score (nSPS) is 16.5. The third-order valence-electron chi connectivity index (χ3n) is 4.70. The van der Waals surface area contributed by atoms with Gasteiger partial charge in [-0.15, -0.1) is 0 Å². The van der Waals surface area contributed by atoms with Gasteiger partial charge in [-0.1, -0.05) is 44.2 Å². The van der Waals surface area contributed by atoms with Crippen molar-refractivity contribution < 1.29 is 9.53 Å². The SMILES string of the molecule is CC(C)COCCC(=O)NC1CCCc2c1cnn2Cc1ccccc1. The van der Waals surface area contributed by atoms with Gasteiger partial charge in [0.2, 0.25) is 5.91 Å². The molecule has 0 aliphatic heterocycles. The van der Waals surface area contributed by atoms with Crippen LogP contribution in [0.3, 0.4) is 0 Å². The summed E-state index contributed by atoms with van der Waals surface area (Å²) in [6, 6.07) is 10.4. The predicted molar refractivity (Wildman–Crippen MR) is 102 cm³/mol. The van der Waals surface area contributed by atoms with Gasteiger partial charge < -0.3 is 10.1 Å². The van der Waals surface area contributed by atoms with Crippen LogP contribution in [0.25, 0.3) is 0 Å². The first-order valence-electron chi connectivity index (χ1n) is 9.59. The summed E-state index contributed by atoms with van der Waals surface area (Å²) in [5.41, 5.74) is 3.66. The van der Waals surface area contributed by atoms with Gasteiger partial charge in [-0.05, 0) is 30.7 Å². The number of aromatic nitrogens is 2. The summed E-state index contributed by atoms with van der Waals surface area (Å²) in [6.07, 6.45) is 5.41. The zero-order valence-electron chi connectivity index (χ0n) is 15.8. The highest BCUT2D eigenvalue weighted by Gasteiger charge is 2.25. The quantitative estimate of drug-likeness (QED) is 0.738. The second-order valence-corrected chi connectivity index (χ2v) is 7.42. The highest BCUT2D eigenvalue weighted by molar-refractivity contribution is 5.76. The fraction of sp³-hybridized carbons (Fsp3) is 0.524. The number of nitrogens with one attached hydrogen (secondary N) is 1. The maximum Gasteiger partial charge on any atom is 0.222 e. The summed E-state index contributed by atoms with van der Waals surface area (Å²) in [4.78, 5) is 12.2. The van der Waals surface area contributed by atoms with E-state index in [4.69, 9.17) is 4.74 Å². The molecule has 1 unspecified atom stereocenters. The van der Waals surface area contributed by atoms with Crippen LogP contribution in [-0.4, -0.2) is 28.9 Å². The number of benzene rings is 1. The van der Waals surface area contributed by atoms with E-state index in [-0.39, 0.29) is 11.9 Å². The molecule has 1 N–H and O–H groups in total. The van der Waals surface area contributed by atoms with Crippen molar-refractivity contribution in [3.63, 3.8) is 0 Å². The van der Waals surface area contributed by atoms with E-state index < -0.39 is 0 Å². The lowest BCUT2D eigenvalue weighted by atomic mass is 9.92. The van der Waals surface area contributed by atoms with E-state index in [1.165, 1.54) is 16.8 Å². The molecule has 1 atom stereocenters. The number of carbonyl (C=O) groups is 1. The fourth-order valence-electron chi connectivity index (χ4n) is 3.41. The molecule has 1 heterocycles. The van der Waals surface area contributed by atoms with E-state index in [0.29, 0.717) is 25.6 Å². The van der Waals surface area contributed by atoms with Crippen molar-refractivity contribution in [2.45, 2.75) is 52.1 Å². The van der Waals surface area contributed by atoms with Gasteiger partial charge in [0.1, 0.15) is 0 Å². The average molecular weight is 355 g/mol. The van der Waals surface area contributed by atoms with Crippen molar-refractivity contribution in [3.05, 3.63) is 53.3 Å². The Bertz CT molecular complexity index is 709. The largest absolute Gasteiger partial charge is 0.381 e. The predicted octanol–water partition coefficient (Wildman–Crippen LogP) is 3.49. The molecular formula is C21H29N3O2. The smallest absolute Gasteiger partial charge is 0.222 e. The van der Waals surface area contributed by atoms with Gasteiger partial charge in [-0.25, -0.2) is 0 Å². The zero-order chi connectivity index (χ0) is 18.4. The van der Waals surface area contributed by atoms with Crippen LogP contribution in [0.1, 0.15) is 56.0 Å². The number of ether oxygens (including phenoxy) is 1. The molecule has 1 aliphatic rings. The number of hydrogen-bond acceptors (Lipinski definition) is 3. The first-order valence-corrected chi connectivity index (χ1v) is 9.59. The van der Waals surface area contributed by atoms with Gasteiger partial charge in [0.15, 0.2) is 0 Å². The molecule has 1 amide bonds.